The topological polar surface area (TPSA) is 127 Å². The lowest BCUT2D eigenvalue weighted by Gasteiger charge is -2.11. The van der Waals surface area contributed by atoms with Gasteiger partial charge in [0.1, 0.15) is 23.0 Å². The maximum absolute atomic E-state index is 13.3. The molecule has 0 atom stereocenters. The van der Waals surface area contributed by atoms with Gasteiger partial charge >= 0.3 is 12.0 Å². The smallest absolute Gasteiger partial charge is 0.373 e. The number of imide groups is 1. The first-order chi connectivity index (χ1) is 17.7. The van der Waals surface area contributed by atoms with Gasteiger partial charge in [0.05, 0.1) is 13.7 Å². The maximum atomic E-state index is 13.3. The Kier molecular flexibility index (Phi) is 7.54. The third kappa shape index (κ3) is 6.14. The van der Waals surface area contributed by atoms with Crippen LogP contribution in [-0.4, -0.2) is 42.4 Å². The summed E-state index contributed by atoms with van der Waals surface area (Å²) < 4.78 is 28.8. The molecule has 3 aromatic rings. The van der Waals surface area contributed by atoms with Crippen molar-refractivity contribution >= 4 is 47.2 Å². The molecule has 2 aromatic carbocycles. The van der Waals surface area contributed by atoms with E-state index >= 15 is 0 Å². The van der Waals surface area contributed by atoms with Crippen molar-refractivity contribution in [2.45, 2.75) is 6.54 Å². The van der Waals surface area contributed by atoms with Gasteiger partial charge in [0.15, 0.2) is 6.61 Å². The average Bonchev–Trinajstić information content (AvgIpc) is 3.43. The molecule has 0 saturated carbocycles. The van der Waals surface area contributed by atoms with Crippen LogP contribution in [0.3, 0.4) is 0 Å². The first kappa shape index (κ1) is 25.5. The predicted molar refractivity (Wildman–Crippen MR) is 129 cm³/mol. The minimum Gasteiger partial charge on any atom is -0.483 e. The number of anilines is 1. The lowest BCUT2D eigenvalue weighted by Crippen LogP contribution is -2.30. The summed E-state index contributed by atoms with van der Waals surface area (Å²) in [5.74, 6) is -2.05. The third-order valence-corrected chi connectivity index (χ3v) is 5.30. The summed E-state index contributed by atoms with van der Waals surface area (Å²) >= 11 is 6.10. The Balaban J connectivity index is 1.46. The fraction of sp³-hybridized carbons (Fsp3) is 0.120. The zero-order valence-electron chi connectivity index (χ0n) is 19.2. The Morgan fingerprint density at radius 2 is 1.97 bits per heavy atom. The Bertz CT molecular complexity index is 1420. The van der Waals surface area contributed by atoms with Crippen LogP contribution in [0.2, 0.25) is 5.02 Å². The molecule has 0 bridgehead atoms. The molecule has 2 heterocycles. The Labute approximate surface area is 214 Å². The van der Waals surface area contributed by atoms with Crippen molar-refractivity contribution in [3.8, 4) is 5.75 Å². The summed E-state index contributed by atoms with van der Waals surface area (Å²) in [6.07, 6.45) is 1.36. The molecule has 4 rings (SSSR count). The largest absolute Gasteiger partial charge is 0.483 e. The van der Waals surface area contributed by atoms with Crippen molar-refractivity contribution < 1.29 is 37.5 Å². The third-order valence-electron chi connectivity index (χ3n) is 5.06. The molecule has 10 nitrogen and oxygen atoms in total. The van der Waals surface area contributed by atoms with Crippen LogP contribution in [0.1, 0.15) is 21.9 Å². The number of furan rings is 1. The van der Waals surface area contributed by atoms with Crippen LogP contribution in [0.15, 0.2) is 64.7 Å². The van der Waals surface area contributed by atoms with Gasteiger partial charge in [-0.1, -0.05) is 17.7 Å². The number of benzene rings is 2. The van der Waals surface area contributed by atoms with Crippen molar-refractivity contribution in [2.24, 2.45) is 0 Å². The molecule has 1 fully saturated rings. The SMILES string of the molecule is COC(=O)c1ccc(CN2C(=O)N/C(=C\c3cc(Cl)ccc3OCC(=O)Nc3cccc(F)c3)C2=O)o1. The van der Waals surface area contributed by atoms with E-state index < -0.39 is 36.2 Å². The van der Waals surface area contributed by atoms with E-state index in [0.717, 1.165) is 11.0 Å². The standard InChI is InChI=1S/C25H19ClFN3O7/c1-35-24(33)21-8-6-18(37-21)12-30-23(32)19(29-25(30)34)10-14-9-15(26)5-7-20(14)36-13-22(31)28-17-4-2-3-16(27)11-17/h2-11H,12-13H2,1H3,(H,28,31)(H,29,34)/b19-10-. The molecule has 37 heavy (non-hydrogen) atoms. The van der Waals surface area contributed by atoms with Crippen LogP contribution >= 0.6 is 11.6 Å². The van der Waals surface area contributed by atoms with Gasteiger partial charge < -0.3 is 24.5 Å². The van der Waals surface area contributed by atoms with Crippen molar-refractivity contribution in [3.63, 3.8) is 0 Å². The number of rotatable bonds is 8. The fourth-order valence-electron chi connectivity index (χ4n) is 3.37. The molecule has 0 unspecified atom stereocenters. The van der Waals surface area contributed by atoms with Crippen molar-refractivity contribution in [1.82, 2.24) is 10.2 Å². The minimum atomic E-state index is -0.703. The second-order valence-corrected chi connectivity index (χ2v) is 8.10. The number of nitrogens with one attached hydrogen (secondary N) is 2. The molecule has 0 aliphatic carbocycles. The number of nitrogens with zero attached hydrogens (tertiary/aromatic N) is 1. The maximum Gasteiger partial charge on any atom is 0.373 e. The van der Waals surface area contributed by atoms with Crippen molar-refractivity contribution in [2.75, 3.05) is 19.0 Å². The molecule has 1 aliphatic heterocycles. The number of ether oxygens (including phenoxy) is 2. The number of hydrogen-bond acceptors (Lipinski definition) is 7. The van der Waals surface area contributed by atoms with Crippen LogP contribution in [0, 0.1) is 5.82 Å². The molecule has 1 aromatic heterocycles. The van der Waals surface area contributed by atoms with Crippen LogP contribution in [0.5, 0.6) is 5.75 Å². The number of esters is 1. The van der Waals surface area contributed by atoms with Crippen LogP contribution < -0.4 is 15.4 Å². The van der Waals surface area contributed by atoms with Crippen LogP contribution in [0.4, 0.5) is 14.9 Å². The predicted octanol–water partition coefficient (Wildman–Crippen LogP) is 3.97. The number of carbonyl (C=O) groups excluding carboxylic acids is 4. The molecule has 2 N–H and O–H groups in total. The molecular weight excluding hydrogens is 509 g/mol. The number of urea groups is 1. The number of hydrogen-bond donors (Lipinski definition) is 2. The lowest BCUT2D eigenvalue weighted by molar-refractivity contribution is -0.123. The van der Waals surface area contributed by atoms with E-state index in [0.29, 0.717) is 10.6 Å². The minimum absolute atomic E-state index is 0.0672. The quantitative estimate of drug-likeness (QED) is 0.258. The molecule has 4 amide bonds. The summed E-state index contributed by atoms with van der Waals surface area (Å²) in [4.78, 5) is 50.0. The Morgan fingerprint density at radius 1 is 1.16 bits per heavy atom. The monoisotopic (exact) mass is 527 g/mol. The molecule has 190 valence electrons. The van der Waals surface area contributed by atoms with E-state index in [9.17, 15) is 23.6 Å². The highest BCUT2D eigenvalue weighted by atomic mass is 35.5. The van der Waals surface area contributed by atoms with Gasteiger partial charge in [-0.2, -0.15) is 0 Å². The highest BCUT2D eigenvalue weighted by molar-refractivity contribution is 6.30. The summed E-state index contributed by atoms with van der Waals surface area (Å²) in [5, 5.41) is 5.30. The van der Waals surface area contributed by atoms with E-state index in [1.165, 1.54) is 61.7 Å². The molecule has 1 aliphatic rings. The normalized spacial score (nSPS) is 14.0. The number of carbonyl (C=O) groups is 4. The second-order valence-electron chi connectivity index (χ2n) is 7.67. The van der Waals surface area contributed by atoms with E-state index in [2.05, 4.69) is 15.4 Å². The van der Waals surface area contributed by atoms with E-state index in [-0.39, 0.29) is 35.2 Å². The second kappa shape index (κ2) is 11.0. The van der Waals surface area contributed by atoms with Crippen LogP contribution in [-0.2, 0) is 20.9 Å². The summed E-state index contributed by atoms with van der Waals surface area (Å²) in [5.41, 5.74) is 0.519. The Morgan fingerprint density at radius 3 is 2.73 bits per heavy atom. The highest BCUT2D eigenvalue weighted by Gasteiger charge is 2.34. The zero-order chi connectivity index (χ0) is 26.5. The summed E-state index contributed by atoms with van der Waals surface area (Å²) in [7, 11) is 1.20. The molecule has 1 saturated heterocycles. The van der Waals surface area contributed by atoms with Gasteiger partial charge in [-0.05, 0) is 54.6 Å². The van der Waals surface area contributed by atoms with Gasteiger partial charge in [0.2, 0.25) is 5.76 Å². The zero-order valence-corrected chi connectivity index (χ0v) is 20.0. The number of amides is 4. The molecular formula is C25H19ClFN3O7. The first-order valence-electron chi connectivity index (χ1n) is 10.7. The van der Waals surface area contributed by atoms with Crippen LogP contribution in [0.25, 0.3) is 6.08 Å². The van der Waals surface area contributed by atoms with Crippen molar-refractivity contribution in [1.29, 1.82) is 0 Å². The van der Waals surface area contributed by atoms with Gasteiger partial charge in [-0.15, -0.1) is 0 Å². The van der Waals surface area contributed by atoms with E-state index in [1.54, 1.807) is 0 Å². The summed E-state index contributed by atoms with van der Waals surface area (Å²) in [6, 6.07) is 12.0. The van der Waals surface area contributed by atoms with Gasteiger partial charge in [-0.3, -0.25) is 14.5 Å². The first-order valence-corrected chi connectivity index (χ1v) is 11.1. The van der Waals surface area contributed by atoms with Gasteiger partial charge in [0.25, 0.3) is 11.8 Å². The molecule has 12 heteroatoms. The van der Waals surface area contributed by atoms with E-state index in [1.807, 2.05) is 0 Å². The lowest BCUT2D eigenvalue weighted by atomic mass is 10.1. The van der Waals surface area contributed by atoms with E-state index in [4.69, 9.17) is 20.8 Å². The van der Waals surface area contributed by atoms with Crippen molar-refractivity contribution in [3.05, 3.63) is 88.2 Å². The number of methoxy groups -OCH3 is 1. The van der Waals surface area contributed by atoms with Gasteiger partial charge in [0, 0.05) is 16.3 Å². The summed E-state index contributed by atoms with van der Waals surface area (Å²) in [6.45, 7) is -0.639. The Hall–Kier alpha value is -4.64. The highest BCUT2D eigenvalue weighted by Crippen LogP contribution is 2.27. The fourth-order valence-corrected chi connectivity index (χ4v) is 3.55. The average molecular weight is 528 g/mol. The number of halogens is 2. The van der Waals surface area contributed by atoms with Gasteiger partial charge in [-0.25, -0.2) is 14.0 Å². The molecule has 0 spiro atoms. The molecule has 0 radical (unpaired) electrons.